The van der Waals surface area contributed by atoms with Gasteiger partial charge in [0, 0.05) is 11.6 Å². The third-order valence-electron chi connectivity index (χ3n) is 1.94. The van der Waals surface area contributed by atoms with E-state index >= 15 is 0 Å². The molecule has 2 aromatic rings. The van der Waals surface area contributed by atoms with Crippen molar-refractivity contribution in [2.24, 2.45) is 5.92 Å². The first-order valence-corrected chi connectivity index (χ1v) is 5.85. The molecule has 5 heteroatoms. The Morgan fingerprint density at radius 3 is 3.06 bits per heavy atom. The summed E-state index contributed by atoms with van der Waals surface area (Å²) in [4.78, 5) is 21.0. The molecule has 2 rings (SSSR count). The molecular formula is C11H12N2O2S. The number of rotatable bonds is 3. The van der Waals surface area contributed by atoms with Crippen LogP contribution in [0.25, 0.3) is 10.2 Å². The summed E-state index contributed by atoms with van der Waals surface area (Å²) >= 11 is 1.33. The van der Waals surface area contributed by atoms with Gasteiger partial charge in [0.25, 0.3) is 0 Å². The monoisotopic (exact) mass is 236 g/mol. The lowest BCUT2D eigenvalue weighted by atomic mass is 10.2. The number of hydrogen-bond donors (Lipinski definition) is 0. The summed E-state index contributed by atoms with van der Waals surface area (Å²) in [6, 6.07) is 1.77. The van der Waals surface area contributed by atoms with Crippen LogP contribution in [-0.2, 0) is 4.74 Å². The van der Waals surface area contributed by atoms with Crippen molar-refractivity contribution in [1.29, 1.82) is 0 Å². The van der Waals surface area contributed by atoms with Gasteiger partial charge in [0.05, 0.1) is 6.61 Å². The van der Waals surface area contributed by atoms with Gasteiger partial charge >= 0.3 is 5.97 Å². The van der Waals surface area contributed by atoms with Gasteiger partial charge in [-0.05, 0) is 12.0 Å². The van der Waals surface area contributed by atoms with E-state index in [1.54, 1.807) is 12.3 Å². The van der Waals surface area contributed by atoms with Crippen molar-refractivity contribution in [3.63, 3.8) is 0 Å². The Labute approximate surface area is 97.3 Å². The quantitative estimate of drug-likeness (QED) is 0.768. The number of hydrogen-bond acceptors (Lipinski definition) is 5. The standard InChI is InChI=1S/C11H12N2O2S/c1-7(2)5-15-11(14)9-3-8-4-12-6-13-10(8)16-9/h3-4,6-7H,5H2,1-2H3. The van der Waals surface area contributed by atoms with E-state index in [9.17, 15) is 4.79 Å². The van der Waals surface area contributed by atoms with Gasteiger partial charge in [-0.1, -0.05) is 13.8 Å². The van der Waals surface area contributed by atoms with Gasteiger partial charge in [0.15, 0.2) is 0 Å². The maximum atomic E-state index is 11.7. The average Bonchev–Trinajstić information content (AvgIpc) is 2.69. The Kier molecular flexibility index (Phi) is 3.14. The fourth-order valence-electron chi connectivity index (χ4n) is 1.20. The average molecular weight is 236 g/mol. The Bertz CT molecular complexity index is 474. The highest BCUT2D eigenvalue weighted by Crippen LogP contribution is 2.23. The lowest BCUT2D eigenvalue weighted by Crippen LogP contribution is -2.08. The second kappa shape index (κ2) is 4.57. The van der Waals surface area contributed by atoms with E-state index in [0.717, 1.165) is 10.2 Å². The molecule has 0 radical (unpaired) electrons. The van der Waals surface area contributed by atoms with Crippen LogP contribution in [0.1, 0.15) is 23.5 Å². The van der Waals surface area contributed by atoms with Crippen LogP contribution in [-0.4, -0.2) is 22.5 Å². The van der Waals surface area contributed by atoms with Gasteiger partial charge in [-0.25, -0.2) is 14.8 Å². The molecule has 0 aromatic carbocycles. The molecule has 0 aliphatic rings. The van der Waals surface area contributed by atoms with Crippen LogP contribution in [0.2, 0.25) is 0 Å². The number of thiophene rings is 1. The number of nitrogens with zero attached hydrogens (tertiary/aromatic N) is 2. The van der Waals surface area contributed by atoms with Crippen molar-refractivity contribution in [1.82, 2.24) is 9.97 Å². The molecule has 16 heavy (non-hydrogen) atoms. The second-order valence-electron chi connectivity index (χ2n) is 3.89. The molecule has 0 amide bonds. The van der Waals surface area contributed by atoms with E-state index in [2.05, 4.69) is 9.97 Å². The van der Waals surface area contributed by atoms with E-state index in [-0.39, 0.29) is 5.97 Å². The molecule has 0 aliphatic heterocycles. The molecule has 0 spiro atoms. The lowest BCUT2D eigenvalue weighted by Gasteiger charge is -2.04. The second-order valence-corrected chi connectivity index (χ2v) is 4.92. The van der Waals surface area contributed by atoms with Crippen LogP contribution in [0.5, 0.6) is 0 Å². The minimum Gasteiger partial charge on any atom is -0.461 e. The molecule has 2 heterocycles. The van der Waals surface area contributed by atoms with Crippen molar-refractivity contribution >= 4 is 27.5 Å². The molecule has 0 N–H and O–H groups in total. The first kappa shape index (κ1) is 11.0. The van der Waals surface area contributed by atoms with Crippen LogP contribution in [0.15, 0.2) is 18.6 Å². The normalized spacial score (nSPS) is 10.9. The van der Waals surface area contributed by atoms with E-state index in [4.69, 9.17) is 4.74 Å². The van der Waals surface area contributed by atoms with Crippen molar-refractivity contribution in [3.05, 3.63) is 23.5 Å². The van der Waals surface area contributed by atoms with Crippen molar-refractivity contribution in [2.75, 3.05) is 6.61 Å². The predicted molar refractivity (Wildman–Crippen MR) is 62.5 cm³/mol. The predicted octanol–water partition coefficient (Wildman–Crippen LogP) is 2.50. The molecule has 0 fully saturated rings. The fraction of sp³-hybridized carbons (Fsp3) is 0.364. The third-order valence-corrected chi connectivity index (χ3v) is 2.98. The highest BCUT2D eigenvalue weighted by Gasteiger charge is 2.12. The summed E-state index contributed by atoms with van der Waals surface area (Å²) in [5.74, 6) is 0.0646. The summed E-state index contributed by atoms with van der Waals surface area (Å²) < 4.78 is 5.14. The first-order valence-electron chi connectivity index (χ1n) is 5.03. The Morgan fingerprint density at radius 2 is 2.38 bits per heavy atom. The summed E-state index contributed by atoms with van der Waals surface area (Å²) in [5.41, 5.74) is 0. The minimum absolute atomic E-state index is 0.281. The molecule has 0 saturated carbocycles. The number of aromatic nitrogens is 2. The van der Waals surface area contributed by atoms with Gasteiger partial charge in [-0.3, -0.25) is 0 Å². The molecule has 0 bridgehead atoms. The number of ether oxygens (including phenoxy) is 1. The van der Waals surface area contributed by atoms with Gasteiger partial charge < -0.3 is 4.74 Å². The molecule has 4 nitrogen and oxygen atoms in total. The molecule has 0 unspecified atom stereocenters. The molecule has 0 aliphatic carbocycles. The van der Waals surface area contributed by atoms with Crippen molar-refractivity contribution in [2.45, 2.75) is 13.8 Å². The van der Waals surface area contributed by atoms with Crippen LogP contribution in [0.4, 0.5) is 0 Å². The van der Waals surface area contributed by atoms with Gasteiger partial charge in [-0.15, -0.1) is 11.3 Å². The minimum atomic E-state index is -0.281. The summed E-state index contributed by atoms with van der Waals surface area (Å²) in [6.45, 7) is 4.45. The van der Waals surface area contributed by atoms with Crippen LogP contribution < -0.4 is 0 Å². The number of esters is 1. The molecule has 0 atom stereocenters. The number of carbonyl (C=O) groups is 1. The van der Waals surface area contributed by atoms with Crippen LogP contribution >= 0.6 is 11.3 Å². The molecule has 0 saturated heterocycles. The van der Waals surface area contributed by atoms with E-state index in [1.165, 1.54) is 17.7 Å². The maximum Gasteiger partial charge on any atom is 0.348 e. The van der Waals surface area contributed by atoms with Crippen LogP contribution in [0.3, 0.4) is 0 Å². The van der Waals surface area contributed by atoms with Crippen molar-refractivity contribution < 1.29 is 9.53 Å². The first-order chi connectivity index (χ1) is 7.66. The zero-order valence-electron chi connectivity index (χ0n) is 9.14. The number of carbonyl (C=O) groups excluding carboxylic acids is 1. The zero-order valence-corrected chi connectivity index (χ0v) is 9.95. The smallest absolute Gasteiger partial charge is 0.348 e. The van der Waals surface area contributed by atoms with Gasteiger partial charge in [0.1, 0.15) is 16.0 Å². The highest BCUT2D eigenvalue weighted by atomic mass is 32.1. The van der Waals surface area contributed by atoms with Gasteiger partial charge in [-0.2, -0.15) is 0 Å². The SMILES string of the molecule is CC(C)COC(=O)c1cc2cncnc2s1. The van der Waals surface area contributed by atoms with E-state index < -0.39 is 0 Å². The lowest BCUT2D eigenvalue weighted by molar-refractivity contribution is 0.0465. The van der Waals surface area contributed by atoms with E-state index in [0.29, 0.717) is 17.4 Å². The zero-order chi connectivity index (χ0) is 11.5. The van der Waals surface area contributed by atoms with Crippen LogP contribution in [0, 0.1) is 5.92 Å². The van der Waals surface area contributed by atoms with E-state index in [1.807, 2.05) is 13.8 Å². The van der Waals surface area contributed by atoms with Gasteiger partial charge in [0.2, 0.25) is 0 Å². The summed E-state index contributed by atoms with van der Waals surface area (Å²) in [5, 5.41) is 0.879. The Balaban J connectivity index is 2.17. The Hall–Kier alpha value is -1.49. The van der Waals surface area contributed by atoms with Crippen molar-refractivity contribution in [3.8, 4) is 0 Å². The Morgan fingerprint density at radius 1 is 1.56 bits per heavy atom. The number of fused-ring (bicyclic) bond motifs is 1. The topological polar surface area (TPSA) is 52.1 Å². The molecular weight excluding hydrogens is 224 g/mol. The molecule has 84 valence electrons. The third kappa shape index (κ3) is 2.36. The maximum absolute atomic E-state index is 11.7. The molecule has 2 aromatic heterocycles. The summed E-state index contributed by atoms with van der Waals surface area (Å²) in [6.07, 6.45) is 3.17. The fourth-order valence-corrected chi connectivity index (χ4v) is 2.07. The highest BCUT2D eigenvalue weighted by molar-refractivity contribution is 7.20. The largest absolute Gasteiger partial charge is 0.461 e. The summed E-state index contributed by atoms with van der Waals surface area (Å²) in [7, 11) is 0.